The van der Waals surface area contributed by atoms with Crippen LogP contribution in [0.15, 0.2) is 12.1 Å². The second kappa shape index (κ2) is 5.61. The van der Waals surface area contributed by atoms with E-state index in [0.717, 1.165) is 17.8 Å². The van der Waals surface area contributed by atoms with Gasteiger partial charge in [0.2, 0.25) is 0 Å². The highest BCUT2D eigenvalue weighted by molar-refractivity contribution is 5.95. The molecule has 1 aromatic rings. The van der Waals surface area contributed by atoms with Crippen LogP contribution in [0.5, 0.6) is 0 Å². The molecule has 0 radical (unpaired) electrons. The van der Waals surface area contributed by atoms with Crippen molar-refractivity contribution in [3.63, 3.8) is 0 Å². The van der Waals surface area contributed by atoms with Crippen molar-refractivity contribution in [2.45, 2.75) is 33.2 Å². The summed E-state index contributed by atoms with van der Waals surface area (Å²) in [5.41, 5.74) is 7.75. The maximum atomic E-state index is 11.9. The number of nitrogens with two attached hydrogens (primary N) is 1. The topological polar surface area (TPSA) is 68.0 Å². The van der Waals surface area contributed by atoms with Crippen molar-refractivity contribution >= 4 is 5.91 Å². The smallest absolute Gasteiger partial charge is 0.253 e. The fraction of sp³-hybridized carbons (Fsp3) is 0.500. The Balaban J connectivity index is 2.73. The van der Waals surface area contributed by atoms with E-state index >= 15 is 0 Å². The molecule has 1 aromatic heterocycles. The van der Waals surface area contributed by atoms with Gasteiger partial charge in [0, 0.05) is 11.7 Å². The molecule has 1 amide bonds. The van der Waals surface area contributed by atoms with Gasteiger partial charge in [0.05, 0.1) is 11.3 Å². The molecule has 0 saturated carbocycles. The van der Waals surface area contributed by atoms with Crippen LogP contribution in [-0.2, 0) is 0 Å². The van der Waals surface area contributed by atoms with Crippen LogP contribution in [0.3, 0.4) is 0 Å². The molecule has 88 valence electrons. The monoisotopic (exact) mass is 221 g/mol. The van der Waals surface area contributed by atoms with Gasteiger partial charge in [-0.25, -0.2) is 0 Å². The first-order valence-corrected chi connectivity index (χ1v) is 5.49. The third-order valence-electron chi connectivity index (χ3n) is 2.45. The molecule has 0 spiro atoms. The number of carbonyl (C=O) groups excluding carboxylic acids is 1. The Morgan fingerprint density at radius 2 is 2.19 bits per heavy atom. The number of pyridine rings is 1. The summed E-state index contributed by atoms with van der Waals surface area (Å²) in [6.45, 7) is 6.27. The number of aromatic nitrogens is 1. The molecule has 0 fully saturated rings. The van der Waals surface area contributed by atoms with Crippen LogP contribution in [-0.4, -0.2) is 23.5 Å². The van der Waals surface area contributed by atoms with Crippen LogP contribution < -0.4 is 11.1 Å². The Labute approximate surface area is 96.3 Å². The van der Waals surface area contributed by atoms with Crippen molar-refractivity contribution in [1.29, 1.82) is 0 Å². The van der Waals surface area contributed by atoms with Crippen molar-refractivity contribution in [2.24, 2.45) is 5.73 Å². The minimum Gasteiger partial charge on any atom is -0.349 e. The third kappa shape index (κ3) is 3.31. The molecule has 0 aliphatic rings. The zero-order chi connectivity index (χ0) is 12.1. The molecular weight excluding hydrogens is 202 g/mol. The van der Waals surface area contributed by atoms with Crippen LogP contribution in [0.1, 0.15) is 35.1 Å². The highest BCUT2D eigenvalue weighted by Crippen LogP contribution is 2.06. The lowest BCUT2D eigenvalue weighted by atomic mass is 10.1. The Kier molecular flexibility index (Phi) is 4.43. The Morgan fingerprint density at radius 3 is 2.75 bits per heavy atom. The number of nitrogens with one attached hydrogen (secondary N) is 1. The van der Waals surface area contributed by atoms with Crippen molar-refractivity contribution in [3.8, 4) is 0 Å². The van der Waals surface area contributed by atoms with E-state index in [1.54, 1.807) is 0 Å². The predicted octanol–water partition coefficient (Wildman–Crippen LogP) is 1.17. The van der Waals surface area contributed by atoms with Gasteiger partial charge in [-0.3, -0.25) is 9.78 Å². The highest BCUT2D eigenvalue weighted by Gasteiger charge is 2.12. The maximum Gasteiger partial charge on any atom is 0.253 e. The van der Waals surface area contributed by atoms with E-state index in [4.69, 9.17) is 5.73 Å². The number of carbonyl (C=O) groups is 1. The van der Waals surface area contributed by atoms with Gasteiger partial charge >= 0.3 is 0 Å². The second-order valence-electron chi connectivity index (χ2n) is 4.04. The largest absolute Gasteiger partial charge is 0.349 e. The lowest BCUT2D eigenvalue weighted by molar-refractivity contribution is 0.0938. The summed E-state index contributed by atoms with van der Waals surface area (Å²) in [5.74, 6) is -0.0778. The summed E-state index contributed by atoms with van der Waals surface area (Å²) in [5, 5.41) is 2.90. The van der Waals surface area contributed by atoms with E-state index in [-0.39, 0.29) is 11.9 Å². The zero-order valence-electron chi connectivity index (χ0n) is 10.1. The molecular formula is C12H19N3O. The van der Waals surface area contributed by atoms with E-state index < -0.39 is 0 Å². The van der Waals surface area contributed by atoms with E-state index in [2.05, 4.69) is 10.3 Å². The van der Waals surface area contributed by atoms with Gasteiger partial charge in [0.15, 0.2) is 0 Å². The normalized spacial score (nSPS) is 12.2. The fourth-order valence-electron chi connectivity index (χ4n) is 1.55. The van der Waals surface area contributed by atoms with Crippen LogP contribution in [0.4, 0.5) is 0 Å². The highest BCUT2D eigenvalue weighted by atomic mass is 16.1. The van der Waals surface area contributed by atoms with Crippen LogP contribution in [0, 0.1) is 13.8 Å². The zero-order valence-corrected chi connectivity index (χ0v) is 10.1. The van der Waals surface area contributed by atoms with Gasteiger partial charge in [-0.15, -0.1) is 0 Å². The third-order valence-corrected chi connectivity index (χ3v) is 2.45. The van der Waals surface area contributed by atoms with Gasteiger partial charge in [0.1, 0.15) is 0 Å². The Morgan fingerprint density at radius 1 is 1.50 bits per heavy atom. The van der Waals surface area contributed by atoms with Gasteiger partial charge in [0.25, 0.3) is 5.91 Å². The molecule has 16 heavy (non-hydrogen) atoms. The van der Waals surface area contributed by atoms with Crippen molar-refractivity contribution in [2.75, 3.05) is 6.54 Å². The number of hydrogen-bond donors (Lipinski definition) is 2. The molecule has 3 N–H and O–H groups in total. The molecule has 1 rings (SSSR count). The number of amides is 1. The molecule has 0 bridgehead atoms. The van der Waals surface area contributed by atoms with Crippen LogP contribution >= 0.6 is 0 Å². The molecule has 0 aromatic carbocycles. The number of rotatable bonds is 4. The lowest BCUT2D eigenvalue weighted by Crippen LogP contribution is -2.34. The van der Waals surface area contributed by atoms with Crippen molar-refractivity contribution in [1.82, 2.24) is 10.3 Å². The van der Waals surface area contributed by atoms with Crippen LogP contribution in [0.2, 0.25) is 0 Å². The SMILES string of the molecule is Cc1ccc(C(=O)NC(C)CCN)c(C)n1. The number of hydrogen-bond acceptors (Lipinski definition) is 3. The van der Waals surface area contributed by atoms with E-state index in [1.807, 2.05) is 32.9 Å². The lowest BCUT2D eigenvalue weighted by Gasteiger charge is -2.13. The molecule has 1 unspecified atom stereocenters. The standard InChI is InChI=1S/C12H19N3O/c1-8-4-5-11(10(3)14-8)12(16)15-9(2)6-7-13/h4-5,9H,6-7,13H2,1-3H3,(H,15,16). The van der Waals surface area contributed by atoms with Crippen molar-refractivity contribution in [3.05, 3.63) is 29.1 Å². The fourth-order valence-corrected chi connectivity index (χ4v) is 1.55. The minimum absolute atomic E-state index is 0.0778. The summed E-state index contributed by atoms with van der Waals surface area (Å²) in [6, 6.07) is 3.75. The minimum atomic E-state index is -0.0778. The van der Waals surface area contributed by atoms with Crippen molar-refractivity contribution < 1.29 is 4.79 Å². The maximum absolute atomic E-state index is 11.9. The molecule has 1 heterocycles. The summed E-state index contributed by atoms with van der Waals surface area (Å²) < 4.78 is 0. The predicted molar refractivity (Wildman–Crippen MR) is 64.3 cm³/mol. The summed E-state index contributed by atoms with van der Waals surface area (Å²) in [4.78, 5) is 16.1. The first-order chi connectivity index (χ1) is 7.54. The van der Waals surface area contributed by atoms with Crippen LogP contribution in [0.25, 0.3) is 0 Å². The summed E-state index contributed by atoms with van der Waals surface area (Å²) in [7, 11) is 0. The van der Waals surface area contributed by atoms with Gasteiger partial charge in [-0.1, -0.05) is 0 Å². The summed E-state index contributed by atoms with van der Waals surface area (Å²) in [6.07, 6.45) is 0.782. The second-order valence-corrected chi connectivity index (χ2v) is 4.04. The average molecular weight is 221 g/mol. The number of nitrogens with zero attached hydrogens (tertiary/aromatic N) is 1. The average Bonchev–Trinajstić information content (AvgIpc) is 2.17. The molecule has 0 aliphatic heterocycles. The van der Waals surface area contributed by atoms with Gasteiger partial charge in [-0.2, -0.15) is 0 Å². The Bertz CT molecular complexity index is 377. The Hall–Kier alpha value is -1.42. The molecule has 4 nitrogen and oxygen atoms in total. The quantitative estimate of drug-likeness (QED) is 0.801. The first kappa shape index (κ1) is 12.6. The van der Waals surface area contributed by atoms with Gasteiger partial charge < -0.3 is 11.1 Å². The van der Waals surface area contributed by atoms with E-state index in [1.165, 1.54) is 0 Å². The molecule has 4 heteroatoms. The number of aryl methyl sites for hydroxylation is 2. The van der Waals surface area contributed by atoms with E-state index in [0.29, 0.717) is 12.1 Å². The molecule has 1 atom stereocenters. The summed E-state index contributed by atoms with van der Waals surface area (Å²) >= 11 is 0. The molecule has 0 aliphatic carbocycles. The van der Waals surface area contributed by atoms with Gasteiger partial charge in [-0.05, 0) is 45.9 Å². The molecule has 0 saturated heterocycles. The first-order valence-electron chi connectivity index (χ1n) is 5.49. The van der Waals surface area contributed by atoms with E-state index in [9.17, 15) is 4.79 Å².